The summed E-state index contributed by atoms with van der Waals surface area (Å²) < 4.78 is 22.0. The van der Waals surface area contributed by atoms with E-state index in [1.54, 1.807) is 0 Å². The molecule has 5 aromatic rings. The molecule has 0 fully saturated rings. The van der Waals surface area contributed by atoms with E-state index in [-0.39, 0.29) is 13.0 Å². The van der Waals surface area contributed by atoms with E-state index < -0.39 is 18.1 Å². The smallest absolute Gasteiger partial charge is 0.407 e. The molecule has 0 aliphatic rings. The second kappa shape index (κ2) is 13.0. The quantitative estimate of drug-likeness (QED) is 0.133. The van der Waals surface area contributed by atoms with Crippen LogP contribution in [0.1, 0.15) is 26.2 Å². The Morgan fingerprint density at radius 2 is 1.51 bits per heavy atom. The third-order valence-corrected chi connectivity index (χ3v) is 6.93. The Bertz CT molecular complexity index is 1620. The van der Waals surface area contributed by atoms with Crippen molar-refractivity contribution in [1.29, 1.82) is 0 Å². The fourth-order valence-electron chi connectivity index (χ4n) is 4.71. The summed E-state index contributed by atoms with van der Waals surface area (Å²) >= 11 is 0. The number of rotatable bonds is 11. The van der Waals surface area contributed by atoms with E-state index in [0.717, 1.165) is 57.0 Å². The molecule has 7 nitrogen and oxygen atoms in total. The second-order valence-electron chi connectivity index (χ2n) is 9.80. The highest BCUT2D eigenvalue weighted by molar-refractivity contribution is 6.09. The van der Waals surface area contributed by atoms with Crippen molar-refractivity contribution < 1.29 is 28.2 Å². The molecule has 1 amide bonds. The summed E-state index contributed by atoms with van der Waals surface area (Å²) in [5.74, 6) is 0.181. The first-order valence-electron chi connectivity index (χ1n) is 13.8. The van der Waals surface area contributed by atoms with Crippen molar-refractivity contribution in [2.24, 2.45) is 0 Å². The standard InChI is InChI=1S/C34H33NO6/c1-3-4-20-39-34(37)35-26(21-32(36)38-2)22-40-27-18-16-24(17-19-27)23-12-14-25(15-13-23)28-9-7-10-30-29-8-5-6-11-31(29)41-33(28)30/h5-19,26H,3-4,20-22H2,1-2H3,(H,35,37). The van der Waals surface area contributed by atoms with Crippen molar-refractivity contribution in [2.75, 3.05) is 20.3 Å². The normalized spacial score (nSPS) is 11.8. The first-order chi connectivity index (χ1) is 20.1. The predicted octanol–water partition coefficient (Wildman–Crippen LogP) is 7.76. The second-order valence-corrected chi connectivity index (χ2v) is 9.80. The predicted molar refractivity (Wildman–Crippen MR) is 160 cm³/mol. The first kappa shape index (κ1) is 27.8. The Balaban J connectivity index is 1.25. The molecule has 1 N–H and O–H groups in total. The van der Waals surface area contributed by atoms with Crippen LogP contribution in [0.5, 0.6) is 5.75 Å². The highest BCUT2D eigenvalue weighted by Crippen LogP contribution is 2.36. The maximum absolute atomic E-state index is 12.1. The van der Waals surface area contributed by atoms with Gasteiger partial charge in [0.05, 0.1) is 26.2 Å². The molecule has 5 rings (SSSR count). The number of nitrogens with one attached hydrogen (secondary N) is 1. The lowest BCUT2D eigenvalue weighted by Crippen LogP contribution is -2.41. The molecule has 0 saturated heterocycles. The summed E-state index contributed by atoms with van der Waals surface area (Å²) in [6, 6.07) is 29.8. The summed E-state index contributed by atoms with van der Waals surface area (Å²) in [6.45, 7) is 2.44. The fourth-order valence-corrected chi connectivity index (χ4v) is 4.71. The molecule has 1 heterocycles. The van der Waals surface area contributed by atoms with Crippen LogP contribution in [0.15, 0.2) is 95.4 Å². The largest absolute Gasteiger partial charge is 0.491 e. The summed E-state index contributed by atoms with van der Waals surface area (Å²) in [4.78, 5) is 23.9. The Morgan fingerprint density at radius 1 is 0.829 bits per heavy atom. The van der Waals surface area contributed by atoms with Gasteiger partial charge < -0.3 is 23.9 Å². The molecular formula is C34H33NO6. The van der Waals surface area contributed by atoms with E-state index in [4.69, 9.17) is 18.6 Å². The van der Waals surface area contributed by atoms with Gasteiger partial charge in [-0.05, 0) is 41.3 Å². The minimum Gasteiger partial charge on any atom is -0.491 e. The van der Waals surface area contributed by atoms with Crippen LogP contribution in [0.2, 0.25) is 0 Å². The van der Waals surface area contributed by atoms with Crippen molar-refractivity contribution in [3.05, 3.63) is 91.0 Å². The number of ether oxygens (including phenoxy) is 3. The fraction of sp³-hybridized carbons (Fsp3) is 0.235. The van der Waals surface area contributed by atoms with E-state index in [9.17, 15) is 9.59 Å². The van der Waals surface area contributed by atoms with Gasteiger partial charge in [0.25, 0.3) is 0 Å². The van der Waals surface area contributed by atoms with Crippen LogP contribution in [0.3, 0.4) is 0 Å². The molecule has 0 spiro atoms. The van der Waals surface area contributed by atoms with Gasteiger partial charge in [-0.1, -0.05) is 86.1 Å². The maximum Gasteiger partial charge on any atom is 0.407 e. The first-order valence-corrected chi connectivity index (χ1v) is 13.8. The molecule has 0 bridgehead atoms. The van der Waals surface area contributed by atoms with Gasteiger partial charge in [-0.15, -0.1) is 0 Å². The number of esters is 1. The number of methoxy groups -OCH3 is 1. The third-order valence-electron chi connectivity index (χ3n) is 6.93. The molecule has 0 aliphatic carbocycles. The van der Waals surface area contributed by atoms with Crippen LogP contribution in [0, 0.1) is 0 Å². The van der Waals surface area contributed by atoms with Crippen LogP contribution < -0.4 is 10.1 Å². The van der Waals surface area contributed by atoms with Crippen molar-refractivity contribution in [3.63, 3.8) is 0 Å². The zero-order chi connectivity index (χ0) is 28.6. The SMILES string of the molecule is CCCCOC(=O)NC(COc1ccc(-c2ccc(-c3cccc4c3oc3ccccc34)cc2)cc1)CC(=O)OC. The average molecular weight is 552 g/mol. The zero-order valence-electron chi connectivity index (χ0n) is 23.2. The summed E-state index contributed by atoms with van der Waals surface area (Å²) in [5, 5.41) is 4.91. The Hall–Kier alpha value is -4.78. The molecule has 7 heteroatoms. The van der Waals surface area contributed by atoms with Crippen LogP contribution in [-0.4, -0.2) is 38.4 Å². The zero-order valence-corrected chi connectivity index (χ0v) is 23.2. The van der Waals surface area contributed by atoms with E-state index in [1.165, 1.54) is 7.11 Å². The monoisotopic (exact) mass is 551 g/mol. The number of alkyl carbamates (subject to hydrolysis) is 1. The minimum atomic E-state index is -0.583. The topological polar surface area (TPSA) is 87.0 Å². The summed E-state index contributed by atoms with van der Waals surface area (Å²) in [7, 11) is 1.31. The van der Waals surface area contributed by atoms with Gasteiger partial charge in [0, 0.05) is 16.3 Å². The summed E-state index contributed by atoms with van der Waals surface area (Å²) in [5.41, 5.74) is 6.01. The van der Waals surface area contributed by atoms with Crippen LogP contribution in [0.25, 0.3) is 44.2 Å². The van der Waals surface area contributed by atoms with Crippen molar-refractivity contribution >= 4 is 34.0 Å². The number of hydrogen-bond acceptors (Lipinski definition) is 6. The lowest BCUT2D eigenvalue weighted by molar-refractivity contribution is -0.141. The molecule has 0 radical (unpaired) electrons. The van der Waals surface area contributed by atoms with Crippen LogP contribution in [-0.2, 0) is 14.3 Å². The van der Waals surface area contributed by atoms with Crippen molar-refractivity contribution in [3.8, 4) is 28.0 Å². The Morgan fingerprint density at radius 3 is 2.24 bits per heavy atom. The number of unbranched alkanes of at least 4 members (excludes halogenated alkanes) is 1. The average Bonchev–Trinajstić information content (AvgIpc) is 3.39. The molecule has 4 aromatic carbocycles. The van der Waals surface area contributed by atoms with Crippen LogP contribution in [0.4, 0.5) is 4.79 Å². The Labute approximate surface area is 239 Å². The number of fused-ring (bicyclic) bond motifs is 3. The third kappa shape index (κ3) is 6.69. The van der Waals surface area contributed by atoms with Gasteiger partial charge in [0.1, 0.15) is 23.5 Å². The molecule has 0 aliphatic heterocycles. The van der Waals surface area contributed by atoms with Crippen molar-refractivity contribution in [1.82, 2.24) is 5.32 Å². The van der Waals surface area contributed by atoms with Gasteiger partial charge in [-0.3, -0.25) is 4.79 Å². The number of amides is 1. The van der Waals surface area contributed by atoms with E-state index in [2.05, 4.69) is 53.8 Å². The molecule has 41 heavy (non-hydrogen) atoms. The maximum atomic E-state index is 12.1. The number of para-hydroxylation sites is 2. The van der Waals surface area contributed by atoms with E-state index in [0.29, 0.717) is 12.4 Å². The lowest BCUT2D eigenvalue weighted by atomic mass is 9.99. The van der Waals surface area contributed by atoms with Crippen molar-refractivity contribution in [2.45, 2.75) is 32.2 Å². The number of hydrogen-bond donors (Lipinski definition) is 1. The van der Waals surface area contributed by atoms with Crippen LogP contribution >= 0.6 is 0 Å². The molecular weight excluding hydrogens is 518 g/mol. The molecule has 210 valence electrons. The van der Waals surface area contributed by atoms with E-state index >= 15 is 0 Å². The van der Waals surface area contributed by atoms with E-state index in [1.807, 2.05) is 49.4 Å². The minimum absolute atomic E-state index is 0.0223. The molecule has 1 atom stereocenters. The van der Waals surface area contributed by atoms with Gasteiger partial charge in [-0.2, -0.15) is 0 Å². The highest BCUT2D eigenvalue weighted by atomic mass is 16.5. The van der Waals surface area contributed by atoms with Gasteiger partial charge >= 0.3 is 12.1 Å². The lowest BCUT2D eigenvalue weighted by Gasteiger charge is -2.18. The Kier molecular flexibility index (Phi) is 8.84. The van der Waals surface area contributed by atoms with Gasteiger partial charge in [0.2, 0.25) is 0 Å². The molecule has 1 aromatic heterocycles. The van der Waals surface area contributed by atoms with Gasteiger partial charge in [0.15, 0.2) is 0 Å². The number of furan rings is 1. The summed E-state index contributed by atoms with van der Waals surface area (Å²) in [6.07, 6.45) is 1.09. The molecule has 0 saturated carbocycles. The number of carbonyl (C=O) groups excluding carboxylic acids is 2. The number of carbonyl (C=O) groups is 2. The van der Waals surface area contributed by atoms with Gasteiger partial charge in [-0.25, -0.2) is 4.79 Å². The molecule has 1 unspecified atom stereocenters. The highest BCUT2D eigenvalue weighted by Gasteiger charge is 2.19. The number of benzene rings is 4.